The SMILES string of the molecule is CN1C=NSC(N=Nc2ccc(N(C)C)cc2)=I1. The van der Waals surface area contributed by atoms with Gasteiger partial charge in [-0.25, -0.2) is 0 Å². The molecule has 2 rings (SSSR count). The fraction of sp³-hybridized carbons (Fsp3) is 0.273. The van der Waals surface area contributed by atoms with Crippen LogP contribution in [0, 0.1) is 0 Å². The van der Waals surface area contributed by atoms with Gasteiger partial charge in [-0.1, -0.05) is 0 Å². The molecular formula is C11H14IN5S. The van der Waals surface area contributed by atoms with Crippen LogP contribution in [-0.4, -0.2) is 33.6 Å². The number of azo groups is 1. The van der Waals surface area contributed by atoms with E-state index in [1.165, 1.54) is 11.9 Å². The number of hydrogen-bond acceptors (Lipinski definition) is 6. The summed E-state index contributed by atoms with van der Waals surface area (Å²) in [7, 11) is 6.05. The summed E-state index contributed by atoms with van der Waals surface area (Å²) in [6, 6.07) is 8.01. The molecule has 0 fully saturated rings. The monoisotopic (exact) mass is 375 g/mol. The molecule has 0 amide bonds. The predicted octanol–water partition coefficient (Wildman–Crippen LogP) is 3.43. The minimum Gasteiger partial charge on any atom is -0.378 e. The van der Waals surface area contributed by atoms with Crippen molar-refractivity contribution in [3.05, 3.63) is 24.3 Å². The molecule has 0 aromatic heterocycles. The Morgan fingerprint density at radius 2 is 1.94 bits per heavy atom. The fourth-order valence-corrected chi connectivity index (χ4v) is 4.23. The van der Waals surface area contributed by atoms with Gasteiger partial charge in [0.15, 0.2) is 2.96 Å². The number of benzene rings is 1. The van der Waals surface area contributed by atoms with E-state index in [1.807, 2.05) is 51.7 Å². The van der Waals surface area contributed by atoms with E-state index in [1.54, 1.807) is 0 Å². The molecule has 0 atom stereocenters. The Morgan fingerprint density at radius 3 is 2.56 bits per heavy atom. The number of hydrogen-bond donors (Lipinski definition) is 0. The van der Waals surface area contributed by atoms with Crippen LogP contribution in [-0.2, 0) is 0 Å². The highest BCUT2D eigenvalue weighted by molar-refractivity contribution is 14.2. The molecule has 1 aromatic carbocycles. The molecule has 0 N–H and O–H groups in total. The normalized spacial score (nSPS) is 15.5. The van der Waals surface area contributed by atoms with Crippen molar-refractivity contribution in [2.75, 3.05) is 26.0 Å². The molecule has 5 nitrogen and oxygen atoms in total. The molecule has 96 valence electrons. The molecule has 1 aliphatic rings. The van der Waals surface area contributed by atoms with Crippen LogP contribution in [0.3, 0.4) is 0 Å². The van der Waals surface area contributed by atoms with Crippen molar-refractivity contribution in [2.45, 2.75) is 0 Å². The summed E-state index contributed by atoms with van der Waals surface area (Å²) < 4.78 is 7.23. The third-order valence-electron chi connectivity index (χ3n) is 2.15. The van der Waals surface area contributed by atoms with E-state index >= 15 is 0 Å². The zero-order valence-electron chi connectivity index (χ0n) is 10.4. The average Bonchev–Trinajstić information content (AvgIpc) is 2.37. The van der Waals surface area contributed by atoms with Gasteiger partial charge < -0.3 is 8.01 Å². The molecule has 0 unspecified atom stereocenters. The van der Waals surface area contributed by atoms with E-state index in [4.69, 9.17) is 0 Å². The standard InChI is InChI=1S/C11H14IN5S/c1-16(2)10-6-4-9(5-7-10)14-15-11-12-17(3)8-13-18-11/h4-8H,1-3H3. The average molecular weight is 375 g/mol. The van der Waals surface area contributed by atoms with Crippen LogP contribution in [0.5, 0.6) is 0 Å². The Morgan fingerprint density at radius 1 is 1.22 bits per heavy atom. The Kier molecular flexibility index (Phi) is 4.70. The van der Waals surface area contributed by atoms with Crippen molar-refractivity contribution >= 4 is 53.6 Å². The molecule has 0 saturated heterocycles. The first-order valence-corrected chi connectivity index (χ1v) is 8.11. The largest absolute Gasteiger partial charge is 0.378 e. The van der Waals surface area contributed by atoms with Crippen LogP contribution in [0.1, 0.15) is 0 Å². The molecule has 0 saturated carbocycles. The lowest BCUT2D eigenvalue weighted by atomic mass is 10.3. The summed E-state index contributed by atoms with van der Waals surface area (Å²) in [5.74, 6) is 0. The van der Waals surface area contributed by atoms with E-state index < -0.39 is 0 Å². The van der Waals surface area contributed by atoms with Gasteiger partial charge in [0.1, 0.15) is 6.34 Å². The van der Waals surface area contributed by atoms with Crippen LogP contribution in [0.15, 0.2) is 38.9 Å². The van der Waals surface area contributed by atoms with E-state index in [-0.39, 0.29) is 21.0 Å². The van der Waals surface area contributed by atoms with Gasteiger partial charge in [-0.2, -0.15) is 4.40 Å². The summed E-state index contributed by atoms with van der Waals surface area (Å²) in [4.78, 5) is 2.06. The van der Waals surface area contributed by atoms with Gasteiger partial charge >= 0.3 is 0 Å². The van der Waals surface area contributed by atoms with Crippen molar-refractivity contribution in [1.29, 1.82) is 0 Å². The molecule has 18 heavy (non-hydrogen) atoms. The van der Waals surface area contributed by atoms with Gasteiger partial charge in [-0.3, -0.25) is 0 Å². The highest BCUT2D eigenvalue weighted by Crippen LogP contribution is 2.24. The lowest BCUT2D eigenvalue weighted by Crippen LogP contribution is -2.07. The third kappa shape index (κ3) is 3.77. The highest BCUT2D eigenvalue weighted by atomic mass is 127. The second-order valence-electron chi connectivity index (χ2n) is 3.79. The van der Waals surface area contributed by atoms with Crippen molar-refractivity contribution in [2.24, 2.45) is 14.6 Å². The summed E-state index contributed by atoms with van der Waals surface area (Å²) in [5.41, 5.74) is 2.03. The smallest absolute Gasteiger partial charge is 0.190 e. The van der Waals surface area contributed by atoms with Crippen molar-refractivity contribution in [3.8, 4) is 0 Å². The lowest BCUT2D eigenvalue weighted by Gasteiger charge is -2.11. The maximum absolute atomic E-state index is 4.26. The number of halogens is 1. The highest BCUT2D eigenvalue weighted by Gasteiger charge is 2.03. The molecule has 0 aliphatic carbocycles. The predicted molar refractivity (Wildman–Crippen MR) is 88.2 cm³/mol. The Balaban J connectivity index is 2.05. The minimum atomic E-state index is -0.234. The van der Waals surface area contributed by atoms with E-state index in [0.717, 1.165) is 14.3 Å². The molecule has 1 aliphatic heterocycles. The topological polar surface area (TPSA) is 43.6 Å². The van der Waals surface area contributed by atoms with E-state index in [9.17, 15) is 0 Å². The maximum Gasteiger partial charge on any atom is 0.190 e. The van der Waals surface area contributed by atoms with Crippen molar-refractivity contribution in [1.82, 2.24) is 3.11 Å². The lowest BCUT2D eigenvalue weighted by molar-refractivity contribution is 0.939. The molecule has 0 bridgehead atoms. The molecule has 0 radical (unpaired) electrons. The fourth-order valence-electron chi connectivity index (χ4n) is 1.23. The second kappa shape index (κ2) is 6.28. The molecular weight excluding hydrogens is 361 g/mol. The molecule has 0 spiro atoms. The Bertz CT molecular complexity index is 495. The molecule has 1 aromatic rings. The van der Waals surface area contributed by atoms with Gasteiger partial charge in [0.25, 0.3) is 0 Å². The summed E-state index contributed by atoms with van der Waals surface area (Å²) in [6.45, 7) is 0. The summed E-state index contributed by atoms with van der Waals surface area (Å²) >= 11 is 1.18. The van der Waals surface area contributed by atoms with Gasteiger partial charge in [0.2, 0.25) is 0 Å². The van der Waals surface area contributed by atoms with Gasteiger partial charge in [0, 0.05) is 59.8 Å². The van der Waals surface area contributed by atoms with Crippen LogP contribution < -0.4 is 4.90 Å². The van der Waals surface area contributed by atoms with Crippen LogP contribution in [0.25, 0.3) is 0 Å². The zero-order chi connectivity index (χ0) is 13.0. The molecule has 7 heteroatoms. The van der Waals surface area contributed by atoms with E-state index in [0.29, 0.717) is 0 Å². The van der Waals surface area contributed by atoms with Crippen LogP contribution >= 0.6 is 33.0 Å². The van der Waals surface area contributed by atoms with Crippen molar-refractivity contribution < 1.29 is 0 Å². The first-order chi connectivity index (χ1) is 8.65. The quantitative estimate of drug-likeness (QED) is 0.352. The van der Waals surface area contributed by atoms with Gasteiger partial charge in [-0.05, 0) is 24.3 Å². The number of nitrogens with zero attached hydrogens (tertiary/aromatic N) is 5. The summed E-state index contributed by atoms with van der Waals surface area (Å²) in [6.07, 6.45) is 1.84. The Labute approximate surface area is 121 Å². The minimum absolute atomic E-state index is 0.234. The van der Waals surface area contributed by atoms with Crippen molar-refractivity contribution in [3.63, 3.8) is 0 Å². The third-order valence-corrected chi connectivity index (χ3v) is 5.27. The van der Waals surface area contributed by atoms with Gasteiger partial charge in [0.05, 0.1) is 5.69 Å². The van der Waals surface area contributed by atoms with E-state index in [2.05, 4.69) is 22.6 Å². The Hall–Kier alpha value is -0.960. The maximum atomic E-state index is 4.26. The van der Waals surface area contributed by atoms with Crippen LogP contribution in [0.4, 0.5) is 11.4 Å². The first-order valence-electron chi connectivity index (χ1n) is 5.29. The second-order valence-corrected chi connectivity index (χ2v) is 8.32. The summed E-state index contributed by atoms with van der Waals surface area (Å²) in [5, 5.41) is 8.50. The number of anilines is 1. The number of rotatable bonds is 3. The molecule has 1 heterocycles. The van der Waals surface area contributed by atoms with Gasteiger partial charge in [-0.15, -0.1) is 10.2 Å². The zero-order valence-corrected chi connectivity index (χ0v) is 13.4. The van der Waals surface area contributed by atoms with Crippen LogP contribution in [0.2, 0.25) is 0 Å². The first kappa shape index (κ1) is 13.5.